The van der Waals surface area contributed by atoms with Crippen molar-refractivity contribution in [3.05, 3.63) is 47.8 Å². The van der Waals surface area contributed by atoms with Crippen LogP contribution in [0.2, 0.25) is 0 Å². The van der Waals surface area contributed by atoms with Crippen LogP contribution < -0.4 is 5.32 Å². The molecular formula is C39H52N2O3. The van der Waals surface area contributed by atoms with Crippen molar-refractivity contribution in [2.45, 2.75) is 112 Å². The Kier molecular flexibility index (Phi) is 6.67. The molecule has 44 heavy (non-hydrogen) atoms. The molecule has 5 aliphatic carbocycles. The number of carbonyl (C=O) groups excluding carboxylic acids is 2. The molecule has 5 heteroatoms. The van der Waals surface area contributed by atoms with Crippen LogP contribution in [0.15, 0.2) is 47.8 Å². The molecule has 1 aromatic carbocycles. The highest BCUT2D eigenvalue weighted by atomic mass is 16.3. The van der Waals surface area contributed by atoms with Crippen molar-refractivity contribution in [2.24, 2.45) is 50.7 Å². The van der Waals surface area contributed by atoms with E-state index in [0.29, 0.717) is 24.7 Å². The van der Waals surface area contributed by atoms with Crippen molar-refractivity contribution >= 4 is 28.2 Å². The van der Waals surface area contributed by atoms with Gasteiger partial charge in [0.15, 0.2) is 5.78 Å². The van der Waals surface area contributed by atoms with Gasteiger partial charge in [-0.25, -0.2) is 0 Å². The second-order valence-electron chi connectivity index (χ2n) is 17.0. The van der Waals surface area contributed by atoms with Crippen molar-refractivity contribution in [2.75, 3.05) is 5.32 Å². The first kappa shape index (κ1) is 30.1. The second kappa shape index (κ2) is 9.74. The normalized spacial score (nSPS) is 41.2. The number of nitrogens with zero attached hydrogens (tertiary/aromatic N) is 1. The molecule has 2 unspecified atom stereocenters. The molecule has 7 rings (SSSR count). The van der Waals surface area contributed by atoms with Crippen LogP contribution in [0.1, 0.15) is 106 Å². The van der Waals surface area contributed by atoms with Crippen LogP contribution in [0.3, 0.4) is 0 Å². The standard InChI is InChI=1S/C39H52N2O3/c1-23(2)32-28(42)20-39(34(44)41-27-22-40-21-24-10-8-9-11-25(24)27)19-18-37(6)26(33(32)39)12-13-30-36(5)16-15-31(43)35(3,4)29(36)14-17-38(30,37)7/h8-11,21-23,26,29-31,43H,12-20H2,1-7H3,(H,41,44)/t26-,29?,30?,31+,36+,37-,38-,39-/m1/s1. The maximum atomic E-state index is 14.7. The highest BCUT2D eigenvalue weighted by Gasteiger charge is 2.70. The summed E-state index contributed by atoms with van der Waals surface area (Å²) in [5.41, 5.74) is 2.30. The van der Waals surface area contributed by atoms with E-state index in [1.54, 1.807) is 6.20 Å². The highest BCUT2D eigenvalue weighted by Crippen LogP contribution is 2.76. The van der Waals surface area contributed by atoms with Crippen LogP contribution in [0.4, 0.5) is 5.69 Å². The van der Waals surface area contributed by atoms with Crippen molar-refractivity contribution < 1.29 is 14.7 Å². The Morgan fingerprint density at radius 1 is 0.909 bits per heavy atom. The lowest BCUT2D eigenvalue weighted by molar-refractivity contribution is -0.228. The largest absolute Gasteiger partial charge is 0.393 e. The van der Waals surface area contributed by atoms with E-state index in [4.69, 9.17) is 0 Å². The van der Waals surface area contributed by atoms with Crippen LogP contribution in [0.5, 0.6) is 0 Å². The Balaban J connectivity index is 1.30. The minimum absolute atomic E-state index is 0.00890. The average molecular weight is 597 g/mol. The number of hydrogen-bond acceptors (Lipinski definition) is 4. The van der Waals surface area contributed by atoms with Gasteiger partial charge < -0.3 is 10.4 Å². The topological polar surface area (TPSA) is 79.3 Å². The fourth-order valence-corrected chi connectivity index (χ4v) is 12.3. The van der Waals surface area contributed by atoms with Gasteiger partial charge in [0.05, 0.1) is 23.4 Å². The Hall–Kier alpha value is -2.53. The quantitative estimate of drug-likeness (QED) is 0.372. The van der Waals surface area contributed by atoms with Crippen LogP contribution in [0, 0.1) is 50.7 Å². The lowest BCUT2D eigenvalue weighted by Crippen LogP contribution is -2.66. The molecule has 0 saturated heterocycles. The zero-order valence-corrected chi connectivity index (χ0v) is 27.9. The lowest BCUT2D eigenvalue weighted by atomic mass is 9.33. The number of aromatic nitrogens is 1. The third kappa shape index (κ3) is 3.77. The van der Waals surface area contributed by atoms with E-state index in [2.05, 4.69) is 58.8 Å². The average Bonchev–Trinajstić information content (AvgIpc) is 3.29. The molecule has 5 aliphatic rings. The molecule has 1 aromatic heterocycles. The van der Waals surface area contributed by atoms with Gasteiger partial charge in [0, 0.05) is 23.4 Å². The van der Waals surface area contributed by atoms with Crippen molar-refractivity contribution in [3.8, 4) is 0 Å². The molecule has 0 radical (unpaired) electrons. The Morgan fingerprint density at radius 3 is 2.41 bits per heavy atom. The molecule has 4 saturated carbocycles. The van der Waals surface area contributed by atoms with Crippen LogP contribution in [0.25, 0.3) is 10.8 Å². The molecule has 1 amide bonds. The number of aliphatic hydroxyl groups is 1. The van der Waals surface area contributed by atoms with Gasteiger partial charge in [0.2, 0.25) is 5.91 Å². The predicted octanol–water partition coefficient (Wildman–Crippen LogP) is 8.51. The molecule has 0 bridgehead atoms. The van der Waals surface area contributed by atoms with Crippen molar-refractivity contribution in [1.29, 1.82) is 0 Å². The van der Waals surface area contributed by atoms with E-state index < -0.39 is 5.41 Å². The summed E-state index contributed by atoms with van der Waals surface area (Å²) >= 11 is 0. The number of allylic oxidation sites excluding steroid dienone is 1. The van der Waals surface area contributed by atoms with E-state index >= 15 is 0 Å². The molecule has 8 atom stereocenters. The molecule has 2 aromatic rings. The third-order valence-corrected chi connectivity index (χ3v) is 14.8. The molecular weight excluding hydrogens is 544 g/mol. The molecule has 5 nitrogen and oxygen atoms in total. The van der Waals surface area contributed by atoms with E-state index in [9.17, 15) is 14.7 Å². The SMILES string of the molecule is CC(C)C1=C2[C@H]3CCC4[C@@]5(C)CC[C@H](O)C(C)(C)C5CC[C@@]4(C)[C@]3(C)CC[C@@]2(C(=O)Nc2cncc3ccccc23)CC1=O. The van der Waals surface area contributed by atoms with Gasteiger partial charge in [-0.05, 0) is 108 Å². The van der Waals surface area contributed by atoms with Gasteiger partial charge in [-0.3, -0.25) is 14.6 Å². The number of carbonyl (C=O) groups is 2. The second-order valence-corrected chi connectivity index (χ2v) is 17.0. The summed E-state index contributed by atoms with van der Waals surface area (Å²) in [4.78, 5) is 33.1. The van der Waals surface area contributed by atoms with Gasteiger partial charge in [-0.1, -0.05) is 72.7 Å². The molecule has 2 N–H and O–H groups in total. The van der Waals surface area contributed by atoms with E-state index in [1.165, 1.54) is 5.57 Å². The number of fused-ring (bicyclic) bond motifs is 8. The zero-order valence-electron chi connectivity index (χ0n) is 27.9. The van der Waals surface area contributed by atoms with Crippen LogP contribution in [-0.4, -0.2) is 27.9 Å². The Labute approximate surface area is 263 Å². The summed E-state index contributed by atoms with van der Waals surface area (Å²) in [6.45, 7) is 16.5. The maximum Gasteiger partial charge on any atom is 0.235 e. The number of anilines is 1. The zero-order chi connectivity index (χ0) is 31.4. The predicted molar refractivity (Wildman–Crippen MR) is 176 cm³/mol. The first-order chi connectivity index (χ1) is 20.7. The van der Waals surface area contributed by atoms with Gasteiger partial charge >= 0.3 is 0 Å². The summed E-state index contributed by atoms with van der Waals surface area (Å²) in [6.07, 6.45) is 11.8. The number of hydrogen-bond donors (Lipinski definition) is 2. The number of Topliss-reactive ketones (excluding diaryl/α,β-unsaturated/α-hetero) is 1. The smallest absolute Gasteiger partial charge is 0.235 e. The first-order valence-corrected chi connectivity index (χ1v) is 17.3. The Bertz CT molecular complexity index is 1570. The fourth-order valence-electron chi connectivity index (χ4n) is 12.3. The molecule has 0 aliphatic heterocycles. The molecule has 236 valence electrons. The number of rotatable bonds is 3. The number of aliphatic hydroxyl groups excluding tert-OH is 1. The summed E-state index contributed by atoms with van der Waals surface area (Å²) < 4.78 is 0. The van der Waals surface area contributed by atoms with Gasteiger partial charge in [0.1, 0.15) is 0 Å². The fraction of sp³-hybridized carbons (Fsp3) is 0.667. The van der Waals surface area contributed by atoms with Crippen molar-refractivity contribution in [3.63, 3.8) is 0 Å². The minimum atomic E-state index is -0.793. The number of pyridine rings is 1. The number of nitrogens with one attached hydrogen (secondary N) is 1. The van der Waals surface area contributed by atoms with Gasteiger partial charge in [0.25, 0.3) is 0 Å². The van der Waals surface area contributed by atoms with Crippen molar-refractivity contribution in [1.82, 2.24) is 4.98 Å². The number of benzene rings is 1. The Morgan fingerprint density at radius 2 is 1.66 bits per heavy atom. The summed E-state index contributed by atoms with van der Waals surface area (Å²) in [7, 11) is 0. The molecule has 4 fully saturated rings. The van der Waals surface area contributed by atoms with Crippen LogP contribution in [-0.2, 0) is 9.59 Å². The maximum absolute atomic E-state index is 14.7. The lowest BCUT2D eigenvalue weighted by Gasteiger charge is -2.72. The van der Waals surface area contributed by atoms with E-state index in [0.717, 1.165) is 67.0 Å². The summed E-state index contributed by atoms with van der Waals surface area (Å²) in [5.74, 6) is 1.55. The molecule has 0 spiro atoms. The third-order valence-electron chi connectivity index (χ3n) is 14.8. The van der Waals surface area contributed by atoms with E-state index in [-0.39, 0.29) is 51.3 Å². The number of ketones is 1. The minimum Gasteiger partial charge on any atom is -0.393 e. The monoisotopic (exact) mass is 596 g/mol. The number of amides is 1. The summed E-state index contributed by atoms with van der Waals surface area (Å²) in [5, 5.41) is 16.3. The van der Waals surface area contributed by atoms with Gasteiger partial charge in [-0.2, -0.15) is 0 Å². The van der Waals surface area contributed by atoms with E-state index in [1.807, 2.05) is 30.5 Å². The highest BCUT2D eigenvalue weighted by molar-refractivity contribution is 6.11. The van der Waals surface area contributed by atoms with Crippen LogP contribution >= 0.6 is 0 Å². The summed E-state index contributed by atoms with van der Waals surface area (Å²) in [6, 6.07) is 8.03. The first-order valence-electron chi connectivity index (χ1n) is 17.3. The van der Waals surface area contributed by atoms with Gasteiger partial charge in [-0.15, -0.1) is 0 Å². The molecule has 1 heterocycles.